The van der Waals surface area contributed by atoms with E-state index in [4.69, 9.17) is 9.47 Å². The first-order valence-corrected chi connectivity index (χ1v) is 13.2. The summed E-state index contributed by atoms with van der Waals surface area (Å²) in [4.78, 5) is 27.8. The lowest BCUT2D eigenvalue weighted by atomic mass is 10.1. The fraction of sp³-hybridized carbons (Fsp3) is 0.440. The zero-order valence-corrected chi connectivity index (χ0v) is 22.0. The third-order valence-corrected chi connectivity index (χ3v) is 6.84. The predicted molar refractivity (Wildman–Crippen MR) is 136 cm³/mol. The number of methoxy groups -OCH3 is 2. The molecule has 0 radical (unpaired) electrons. The normalized spacial score (nSPS) is 12.9. The molecule has 0 bridgehead atoms. The Morgan fingerprint density at radius 1 is 1.00 bits per heavy atom. The van der Waals surface area contributed by atoms with Crippen molar-refractivity contribution in [2.75, 3.05) is 31.3 Å². The maximum atomic E-state index is 13.5. The van der Waals surface area contributed by atoms with Crippen molar-refractivity contribution < 1.29 is 27.5 Å². The summed E-state index contributed by atoms with van der Waals surface area (Å²) in [6, 6.07) is 13.0. The zero-order valence-electron chi connectivity index (χ0n) is 21.1. The Kier molecular flexibility index (Phi) is 9.94. The van der Waals surface area contributed by atoms with Gasteiger partial charge in [0.1, 0.15) is 12.6 Å². The Hall–Kier alpha value is -3.27. The number of carbonyl (C=O) groups excluding carboxylic acids is 2. The van der Waals surface area contributed by atoms with E-state index in [-0.39, 0.29) is 24.2 Å². The number of carbonyl (C=O) groups is 2. The number of nitrogens with zero attached hydrogens (tertiary/aromatic N) is 2. The smallest absolute Gasteiger partial charge is 0.244 e. The van der Waals surface area contributed by atoms with E-state index in [9.17, 15) is 18.0 Å². The highest BCUT2D eigenvalue weighted by atomic mass is 32.2. The molecule has 2 atom stereocenters. The van der Waals surface area contributed by atoms with Crippen LogP contribution in [0.15, 0.2) is 48.5 Å². The van der Waals surface area contributed by atoms with Crippen molar-refractivity contribution in [3.8, 4) is 11.5 Å². The quantitative estimate of drug-likeness (QED) is 0.476. The van der Waals surface area contributed by atoms with Gasteiger partial charge in [-0.1, -0.05) is 37.3 Å². The summed E-state index contributed by atoms with van der Waals surface area (Å²) in [6.07, 6.45) is 1.77. The van der Waals surface area contributed by atoms with Gasteiger partial charge in [0.05, 0.1) is 26.2 Å². The van der Waals surface area contributed by atoms with Crippen LogP contribution in [-0.2, 0) is 26.2 Å². The zero-order chi connectivity index (χ0) is 26.2. The van der Waals surface area contributed by atoms with Crippen LogP contribution in [0, 0.1) is 0 Å². The summed E-state index contributed by atoms with van der Waals surface area (Å²) in [5.74, 6) is -0.0628. The molecule has 0 heterocycles. The van der Waals surface area contributed by atoms with Crippen LogP contribution in [0.25, 0.3) is 0 Å². The second-order valence-corrected chi connectivity index (χ2v) is 10.2. The molecule has 0 aliphatic heterocycles. The summed E-state index contributed by atoms with van der Waals surface area (Å²) in [7, 11) is -0.928. The number of sulfonamides is 1. The van der Waals surface area contributed by atoms with Gasteiger partial charge >= 0.3 is 0 Å². The molecule has 0 aliphatic carbocycles. The molecule has 1 N–H and O–H groups in total. The second-order valence-electron chi connectivity index (χ2n) is 8.31. The average molecular weight is 506 g/mol. The van der Waals surface area contributed by atoms with Crippen molar-refractivity contribution in [3.63, 3.8) is 0 Å². The minimum atomic E-state index is -3.84. The molecule has 0 fully saturated rings. The number of ether oxygens (including phenoxy) is 2. The Labute approximate surface area is 208 Å². The molecular formula is C25H35N3O6S. The Balaban J connectivity index is 2.41. The molecule has 35 heavy (non-hydrogen) atoms. The fourth-order valence-corrected chi connectivity index (χ4v) is 4.26. The van der Waals surface area contributed by atoms with Crippen molar-refractivity contribution in [2.24, 2.45) is 0 Å². The van der Waals surface area contributed by atoms with E-state index in [1.165, 1.54) is 31.3 Å². The van der Waals surface area contributed by atoms with E-state index in [2.05, 4.69) is 5.32 Å². The van der Waals surface area contributed by atoms with Crippen molar-refractivity contribution in [2.45, 2.75) is 45.8 Å². The van der Waals surface area contributed by atoms with Gasteiger partial charge in [0, 0.05) is 18.7 Å². The number of amides is 2. The molecular weight excluding hydrogens is 470 g/mol. The first kappa shape index (κ1) is 28.0. The van der Waals surface area contributed by atoms with Crippen LogP contribution in [0.4, 0.5) is 5.69 Å². The largest absolute Gasteiger partial charge is 0.493 e. The molecule has 9 nitrogen and oxygen atoms in total. The van der Waals surface area contributed by atoms with Crippen LogP contribution in [0.3, 0.4) is 0 Å². The molecule has 2 unspecified atom stereocenters. The Morgan fingerprint density at radius 3 is 2.17 bits per heavy atom. The van der Waals surface area contributed by atoms with Gasteiger partial charge in [-0.3, -0.25) is 13.9 Å². The summed E-state index contributed by atoms with van der Waals surface area (Å²) in [6.45, 7) is 5.15. The third kappa shape index (κ3) is 7.61. The van der Waals surface area contributed by atoms with Crippen LogP contribution in [0.2, 0.25) is 0 Å². The van der Waals surface area contributed by atoms with Gasteiger partial charge in [-0.25, -0.2) is 8.42 Å². The number of anilines is 1. The SMILES string of the molecule is CCC(C)NC(=O)C(C)N(Cc1ccccc1)C(=O)CN(c1ccc(OC)c(OC)c1)S(C)(=O)=O. The molecule has 10 heteroatoms. The van der Waals surface area contributed by atoms with Crippen molar-refractivity contribution >= 4 is 27.5 Å². The van der Waals surface area contributed by atoms with Gasteiger partial charge < -0.3 is 19.7 Å². The van der Waals surface area contributed by atoms with E-state index in [1.54, 1.807) is 13.0 Å². The molecule has 0 aromatic heterocycles. The molecule has 0 saturated heterocycles. The molecule has 2 aromatic carbocycles. The lowest BCUT2D eigenvalue weighted by Crippen LogP contribution is -2.52. The lowest BCUT2D eigenvalue weighted by molar-refractivity contribution is -0.139. The molecule has 2 rings (SSSR count). The summed E-state index contributed by atoms with van der Waals surface area (Å²) in [5, 5.41) is 2.90. The van der Waals surface area contributed by atoms with Gasteiger partial charge in [0.15, 0.2) is 11.5 Å². The van der Waals surface area contributed by atoms with Gasteiger partial charge in [-0.2, -0.15) is 0 Å². The highest BCUT2D eigenvalue weighted by Gasteiger charge is 2.30. The highest BCUT2D eigenvalue weighted by molar-refractivity contribution is 7.92. The standard InChI is InChI=1S/C25H35N3O6S/c1-7-18(2)26-25(30)19(3)27(16-20-11-9-8-10-12-20)24(29)17-28(35(6,31)32)21-13-14-22(33-4)23(15-21)34-5/h8-15,18-19H,7,16-17H2,1-6H3,(H,26,30). The van der Waals surface area contributed by atoms with E-state index < -0.39 is 28.5 Å². The van der Waals surface area contributed by atoms with Crippen LogP contribution in [0.5, 0.6) is 11.5 Å². The molecule has 0 saturated carbocycles. The predicted octanol–water partition coefficient (Wildman–Crippen LogP) is 2.80. The summed E-state index contributed by atoms with van der Waals surface area (Å²) in [5.41, 5.74) is 1.07. The third-order valence-electron chi connectivity index (χ3n) is 5.70. The first-order valence-electron chi connectivity index (χ1n) is 11.3. The summed E-state index contributed by atoms with van der Waals surface area (Å²) < 4.78 is 36.9. The van der Waals surface area contributed by atoms with Crippen LogP contribution >= 0.6 is 0 Å². The van der Waals surface area contributed by atoms with Crippen molar-refractivity contribution in [3.05, 3.63) is 54.1 Å². The van der Waals surface area contributed by atoms with Crippen LogP contribution < -0.4 is 19.1 Å². The highest BCUT2D eigenvalue weighted by Crippen LogP contribution is 2.32. The fourth-order valence-electron chi connectivity index (χ4n) is 3.42. The van der Waals surface area contributed by atoms with E-state index in [0.717, 1.165) is 22.5 Å². The summed E-state index contributed by atoms with van der Waals surface area (Å²) >= 11 is 0. The Morgan fingerprint density at radius 2 is 1.63 bits per heavy atom. The number of hydrogen-bond acceptors (Lipinski definition) is 6. The van der Waals surface area contributed by atoms with E-state index >= 15 is 0 Å². The van der Waals surface area contributed by atoms with Crippen molar-refractivity contribution in [1.29, 1.82) is 0 Å². The van der Waals surface area contributed by atoms with E-state index in [1.807, 2.05) is 44.2 Å². The minimum Gasteiger partial charge on any atom is -0.493 e. The van der Waals surface area contributed by atoms with Gasteiger partial charge in [0.25, 0.3) is 0 Å². The Bertz CT molecular complexity index is 1110. The van der Waals surface area contributed by atoms with Crippen molar-refractivity contribution in [1.82, 2.24) is 10.2 Å². The second kappa shape index (κ2) is 12.4. The number of rotatable bonds is 12. The molecule has 2 amide bonds. The lowest BCUT2D eigenvalue weighted by Gasteiger charge is -2.32. The molecule has 192 valence electrons. The molecule has 2 aromatic rings. The monoisotopic (exact) mass is 505 g/mol. The number of nitrogens with one attached hydrogen (secondary N) is 1. The van der Waals surface area contributed by atoms with Gasteiger partial charge in [-0.05, 0) is 38.0 Å². The maximum Gasteiger partial charge on any atom is 0.244 e. The molecule has 0 spiro atoms. The van der Waals surface area contributed by atoms with Crippen LogP contribution in [0.1, 0.15) is 32.8 Å². The number of hydrogen-bond donors (Lipinski definition) is 1. The van der Waals surface area contributed by atoms with Gasteiger partial charge in [-0.15, -0.1) is 0 Å². The average Bonchev–Trinajstić information content (AvgIpc) is 2.84. The van der Waals surface area contributed by atoms with Gasteiger partial charge in [0.2, 0.25) is 21.8 Å². The topological polar surface area (TPSA) is 105 Å². The van der Waals surface area contributed by atoms with E-state index in [0.29, 0.717) is 11.5 Å². The van der Waals surface area contributed by atoms with Crippen LogP contribution in [-0.4, -0.2) is 64.2 Å². The number of benzene rings is 2. The minimum absolute atomic E-state index is 0.0575. The molecule has 0 aliphatic rings. The first-order chi connectivity index (χ1) is 16.5. The maximum absolute atomic E-state index is 13.5.